The number of hydrogen-bond donors (Lipinski definition) is 1. The Kier molecular flexibility index (Phi) is 5.72. The summed E-state index contributed by atoms with van der Waals surface area (Å²) in [7, 11) is -3.64. The Morgan fingerprint density at radius 2 is 1.81 bits per heavy atom. The van der Waals surface area contributed by atoms with Gasteiger partial charge in [0, 0.05) is 18.8 Å². The number of piperidine rings is 1. The highest BCUT2D eigenvalue weighted by molar-refractivity contribution is 7.89. The molecule has 4 rings (SSSR count). The molecule has 2 aromatic carbocycles. The van der Waals surface area contributed by atoms with E-state index in [0.29, 0.717) is 35.4 Å². The number of aromatic nitrogens is 1. The maximum absolute atomic E-state index is 13.1. The topological polar surface area (TPSA) is 102 Å². The first-order valence-electron chi connectivity index (χ1n) is 10.3. The summed E-state index contributed by atoms with van der Waals surface area (Å²) >= 11 is 0. The lowest BCUT2D eigenvalue weighted by Gasteiger charge is -2.26. The van der Waals surface area contributed by atoms with Crippen molar-refractivity contribution in [3.63, 3.8) is 0 Å². The van der Waals surface area contributed by atoms with E-state index in [1.807, 2.05) is 0 Å². The largest absolute Gasteiger partial charge is 0.420 e. The minimum Gasteiger partial charge on any atom is -0.408 e. The molecule has 1 unspecified atom stereocenters. The standard InChI is InChI=1S/C22H25N3O5S/c1-15-10-11-17(14-20(15)31(28,29)24-12-6-3-7-13-24)23-21(26)16(2)25-18-8-4-5-9-19(18)30-22(25)27/h4-5,8-11,14,16H,3,6-7,12-13H2,1-2H3,(H,23,26). The smallest absolute Gasteiger partial charge is 0.408 e. The number of nitrogens with one attached hydrogen (secondary N) is 1. The number of rotatable bonds is 5. The Morgan fingerprint density at radius 3 is 2.55 bits per heavy atom. The van der Waals surface area contributed by atoms with Crippen molar-refractivity contribution in [2.75, 3.05) is 18.4 Å². The predicted molar refractivity (Wildman–Crippen MR) is 118 cm³/mol. The summed E-state index contributed by atoms with van der Waals surface area (Å²) in [5.74, 6) is -1.07. The summed E-state index contributed by atoms with van der Waals surface area (Å²) < 4.78 is 34.2. The molecule has 2 heterocycles. The molecule has 31 heavy (non-hydrogen) atoms. The third-order valence-electron chi connectivity index (χ3n) is 5.67. The van der Waals surface area contributed by atoms with E-state index in [-0.39, 0.29) is 4.90 Å². The number of amides is 1. The number of sulfonamides is 1. The van der Waals surface area contributed by atoms with Gasteiger partial charge in [0.1, 0.15) is 6.04 Å². The predicted octanol–water partition coefficient (Wildman–Crippen LogP) is 3.28. The quantitative estimate of drug-likeness (QED) is 0.652. The number of para-hydroxylation sites is 2. The summed E-state index contributed by atoms with van der Waals surface area (Å²) in [6.07, 6.45) is 2.72. The fourth-order valence-corrected chi connectivity index (χ4v) is 5.68. The van der Waals surface area contributed by atoms with Crippen molar-refractivity contribution in [3.8, 4) is 0 Å². The van der Waals surface area contributed by atoms with Crippen molar-refractivity contribution < 1.29 is 17.6 Å². The van der Waals surface area contributed by atoms with Gasteiger partial charge in [-0.05, 0) is 56.5 Å². The second-order valence-corrected chi connectivity index (χ2v) is 9.72. The number of fused-ring (bicyclic) bond motifs is 1. The molecular weight excluding hydrogens is 418 g/mol. The van der Waals surface area contributed by atoms with Crippen LogP contribution in [0.1, 0.15) is 37.8 Å². The van der Waals surface area contributed by atoms with Crippen LogP contribution in [0.4, 0.5) is 5.69 Å². The van der Waals surface area contributed by atoms with Crippen molar-refractivity contribution in [1.29, 1.82) is 0 Å². The summed E-state index contributed by atoms with van der Waals surface area (Å²) in [4.78, 5) is 25.3. The number of carbonyl (C=O) groups is 1. The van der Waals surface area contributed by atoms with Gasteiger partial charge >= 0.3 is 5.76 Å². The van der Waals surface area contributed by atoms with E-state index in [9.17, 15) is 18.0 Å². The minimum absolute atomic E-state index is 0.186. The van der Waals surface area contributed by atoms with Crippen molar-refractivity contribution in [3.05, 3.63) is 58.6 Å². The molecule has 0 spiro atoms. The Labute approximate surface area is 180 Å². The van der Waals surface area contributed by atoms with Crippen molar-refractivity contribution in [2.24, 2.45) is 0 Å². The summed E-state index contributed by atoms with van der Waals surface area (Å²) in [5, 5.41) is 2.74. The molecule has 0 radical (unpaired) electrons. The summed E-state index contributed by atoms with van der Waals surface area (Å²) in [6, 6.07) is 10.9. The molecule has 9 heteroatoms. The Morgan fingerprint density at radius 1 is 1.10 bits per heavy atom. The average molecular weight is 444 g/mol. The average Bonchev–Trinajstić information content (AvgIpc) is 3.10. The number of aryl methyl sites for hydroxylation is 1. The minimum atomic E-state index is -3.64. The van der Waals surface area contributed by atoms with Crippen LogP contribution in [-0.4, -0.2) is 36.3 Å². The number of hydrogen-bond acceptors (Lipinski definition) is 5. The number of carbonyl (C=O) groups excluding carboxylic acids is 1. The van der Waals surface area contributed by atoms with Crippen molar-refractivity contribution >= 4 is 32.7 Å². The molecule has 3 aromatic rings. The second-order valence-electron chi connectivity index (χ2n) is 7.82. The van der Waals surface area contributed by atoms with Gasteiger partial charge in [-0.1, -0.05) is 24.6 Å². The fraction of sp³-hybridized carbons (Fsp3) is 0.364. The van der Waals surface area contributed by atoms with E-state index in [4.69, 9.17) is 4.42 Å². The highest BCUT2D eigenvalue weighted by Gasteiger charge is 2.28. The molecule has 1 amide bonds. The van der Waals surface area contributed by atoms with E-state index in [2.05, 4.69) is 5.32 Å². The van der Waals surface area contributed by atoms with Crippen LogP contribution in [0.25, 0.3) is 11.1 Å². The van der Waals surface area contributed by atoms with Crippen LogP contribution >= 0.6 is 0 Å². The van der Waals surface area contributed by atoms with E-state index in [0.717, 1.165) is 19.3 Å². The first-order chi connectivity index (χ1) is 14.8. The lowest BCUT2D eigenvalue weighted by atomic mass is 10.2. The van der Waals surface area contributed by atoms with Gasteiger partial charge in [-0.15, -0.1) is 0 Å². The van der Waals surface area contributed by atoms with Crippen LogP contribution in [-0.2, 0) is 14.8 Å². The van der Waals surface area contributed by atoms with Crippen LogP contribution in [0.3, 0.4) is 0 Å². The highest BCUT2D eigenvalue weighted by atomic mass is 32.2. The van der Waals surface area contributed by atoms with Crippen molar-refractivity contribution in [1.82, 2.24) is 8.87 Å². The number of benzene rings is 2. The molecule has 8 nitrogen and oxygen atoms in total. The van der Waals surface area contributed by atoms with Gasteiger partial charge in [0.05, 0.1) is 10.4 Å². The molecule has 1 aliphatic heterocycles. The summed E-state index contributed by atoms with van der Waals surface area (Å²) in [6.45, 7) is 4.35. The van der Waals surface area contributed by atoms with Gasteiger partial charge in [-0.3, -0.25) is 9.36 Å². The van der Waals surface area contributed by atoms with Crippen LogP contribution in [0, 0.1) is 6.92 Å². The Bertz CT molecular complexity index is 1290. The molecule has 1 aliphatic rings. The maximum atomic E-state index is 13.1. The van der Waals surface area contributed by atoms with Crippen molar-refractivity contribution in [2.45, 2.75) is 44.0 Å². The van der Waals surface area contributed by atoms with Crippen LogP contribution in [0.15, 0.2) is 56.6 Å². The summed E-state index contributed by atoms with van der Waals surface area (Å²) in [5.41, 5.74) is 1.90. The fourth-order valence-electron chi connectivity index (χ4n) is 3.91. The molecule has 1 aromatic heterocycles. The molecule has 1 fully saturated rings. The normalized spacial score (nSPS) is 16.3. The number of oxazole rings is 1. The van der Waals surface area contributed by atoms with E-state index in [1.165, 1.54) is 14.9 Å². The number of nitrogens with zero attached hydrogens (tertiary/aromatic N) is 2. The lowest BCUT2D eigenvalue weighted by Crippen LogP contribution is -2.36. The number of anilines is 1. The van der Waals surface area contributed by atoms with E-state index in [1.54, 1.807) is 50.2 Å². The molecular formula is C22H25N3O5S. The van der Waals surface area contributed by atoms with Crippen LogP contribution < -0.4 is 11.1 Å². The molecule has 1 N–H and O–H groups in total. The highest BCUT2D eigenvalue weighted by Crippen LogP contribution is 2.26. The van der Waals surface area contributed by atoms with Gasteiger partial charge in [0.15, 0.2) is 5.58 Å². The second kappa shape index (κ2) is 8.32. The molecule has 0 saturated carbocycles. The zero-order chi connectivity index (χ0) is 22.2. The van der Waals surface area contributed by atoms with E-state index < -0.39 is 27.7 Å². The van der Waals surface area contributed by atoms with E-state index >= 15 is 0 Å². The lowest BCUT2D eigenvalue weighted by molar-refractivity contribution is -0.118. The van der Waals surface area contributed by atoms with Gasteiger partial charge in [-0.25, -0.2) is 13.2 Å². The van der Waals surface area contributed by atoms with Gasteiger partial charge in [0.25, 0.3) is 0 Å². The van der Waals surface area contributed by atoms with Crippen LogP contribution in [0.2, 0.25) is 0 Å². The molecule has 0 bridgehead atoms. The maximum Gasteiger partial charge on any atom is 0.420 e. The zero-order valence-electron chi connectivity index (χ0n) is 17.5. The van der Waals surface area contributed by atoms with Gasteiger partial charge < -0.3 is 9.73 Å². The molecule has 1 saturated heterocycles. The first-order valence-corrected chi connectivity index (χ1v) is 11.7. The zero-order valence-corrected chi connectivity index (χ0v) is 18.3. The molecule has 164 valence electrons. The van der Waals surface area contributed by atoms with Crippen LogP contribution in [0.5, 0.6) is 0 Å². The monoisotopic (exact) mass is 443 g/mol. The Hall–Kier alpha value is -2.91. The van der Waals surface area contributed by atoms with Gasteiger partial charge in [-0.2, -0.15) is 4.31 Å². The molecule has 1 atom stereocenters. The third-order valence-corrected chi connectivity index (χ3v) is 7.71. The molecule has 0 aliphatic carbocycles. The first kappa shape index (κ1) is 21.3. The SMILES string of the molecule is Cc1ccc(NC(=O)C(C)n2c(=O)oc3ccccc32)cc1S(=O)(=O)N1CCCCC1. The van der Waals surface area contributed by atoms with Gasteiger partial charge in [0.2, 0.25) is 15.9 Å². The third kappa shape index (κ3) is 4.03. The Balaban J connectivity index is 1.61.